The maximum Gasteiger partial charge on any atom is 0.308 e. The Bertz CT molecular complexity index is 1200. The number of piperidine rings is 1. The predicted molar refractivity (Wildman–Crippen MR) is 132 cm³/mol. The summed E-state index contributed by atoms with van der Waals surface area (Å²) in [6, 6.07) is 8.12. The van der Waals surface area contributed by atoms with Gasteiger partial charge in [0.25, 0.3) is 0 Å². The molecule has 3 atom stereocenters. The number of nitrogens with one attached hydrogen (secondary N) is 1. The summed E-state index contributed by atoms with van der Waals surface area (Å²) >= 11 is 2.35. The third-order valence-electron chi connectivity index (χ3n) is 7.03. The first-order valence-electron chi connectivity index (χ1n) is 11.8. The molecule has 4 heterocycles. The van der Waals surface area contributed by atoms with Crippen LogP contribution in [0.3, 0.4) is 0 Å². The van der Waals surface area contributed by atoms with Crippen LogP contribution in [-0.2, 0) is 26.3 Å². The van der Waals surface area contributed by atoms with E-state index in [0.717, 1.165) is 54.1 Å². The zero-order valence-electron chi connectivity index (χ0n) is 19.6. The topological polar surface area (TPSA) is 88.5 Å². The maximum atomic E-state index is 13.1. The maximum absolute atomic E-state index is 13.1. The number of hydrogen-bond donors (Lipinski definition) is 1. The van der Waals surface area contributed by atoms with Crippen molar-refractivity contribution >= 4 is 40.8 Å². The quantitative estimate of drug-likeness (QED) is 0.656. The molecule has 0 radical (unpaired) electrons. The zero-order valence-corrected chi connectivity index (χ0v) is 21.3. The van der Waals surface area contributed by atoms with Crippen LogP contribution in [0.5, 0.6) is 0 Å². The minimum atomic E-state index is -0.613. The summed E-state index contributed by atoms with van der Waals surface area (Å²) in [7, 11) is 0. The summed E-state index contributed by atoms with van der Waals surface area (Å²) in [5, 5.41) is 2.52. The van der Waals surface area contributed by atoms with Crippen LogP contribution in [0, 0.1) is 5.92 Å². The molecule has 1 aromatic carbocycles. The molecule has 1 N–H and O–H groups in total. The molecule has 2 fully saturated rings. The lowest BCUT2D eigenvalue weighted by atomic mass is 9.81. The Morgan fingerprint density at radius 1 is 1.03 bits per heavy atom. The van der Waals surface area contributed by atoms with Gasteiger partial charge in [-0.15, -0.1) is 0 Å². The smallest absolute Gasteiger partial charge is 0.308 e. The number of fused-ring (bicyclic) bond motifs is 2. The van der Waals surface area contributed by atoms with Crippen LogP contribution in [0.25, 0.3) is 0 Å². The lowest BCUT2D eigenvalue weighted by Gasteiger charge is -2.31. The van der Waals surface area contributed by atoms with Gasteiger partial charge in [0.05, 0.1) is 10.9 Å². The van der Waals surface area contributed by atoms with Gasteiger partial charge in [0.1, 0.15) is 11.8 Å². The van der Waals surface area contributed by atoms with Crippen molar-refractivity contribution in [2.75, 3.05) is 13.1 Å². The molecule has 0 aliphatic carbocycles. The highest BCUT2D eigenvalue weighted by Gasteiger charge is 2.52. The molecule has 0 unspecified atom stereocenters. The van der Waals surface area contributed by atoms with E-state index in [9.17, 15) is 19.2 Å². The molecule has 0 spiro atoms. The van der Waals surface area contributed by atoms with Gasteiger partial charge in [-0.2, -0.15) is 0 Å². The minimum Gasteiger partial charge on any atom is -0.341 e. The van der Waals surface area contributed by atoms with Crippen molar-refractivity contribution in [2.45, 2.75) is 68.2 Å². The Morgan fingerprint density at radius 3 is 2.35 bits per heavy atom. The second-order valence-corrected chi connectivity index (χ2v) is 12.5. The fourth-order valence-corrected chi connectivity index (χ4v) is 7.84. The van der Waals surface area contributed by atoms with Gasteiger partial charge >= 0.3 is 4.87 Å². The van der Waals surface area contributed by atoms with E-state index in [0.29, 0.717) is 5.03 Å². The molecule has 7 nitrogen and oxygen atoms in total. The second-order valence-electron chi connectivity index (χ2n) is 10.3. The molecule has 3 aliphatic heterocycles. The van der Waals surface area contributed by atoms with Gasteiger partial charge in [0.2, 0.25) is 17.7 Å². The van der Waals surface area contributed by atoms with Crippen LogP contribution in [0.15, 0.2) is 34.1 Å². The highest BCUT2D eigenvalue weighted by molar-refractivity contribution is 8.00. The number of aromatic nitrogens is 1. The summed E-state index contributed by atoms with van der Waals surface area (Å²) in [6.07, 6.45) is 3.08. The van der Waals surface area contributed by atoms with Crippen molar-refractivity contribution in [2.24, 2.45) is 5.92 Å². The van der Waals surface area contributed by atoms with Gasteiger partial charge in [-0.3, -0.25) is 29.1 Å². The van der Waals surface area contributed by atoms with Crippen LogP contribution >= 0.6 is 23.1 Å². The molecule has 3 amide bonds. The number of likely N-dealkylation sites (tertiary alicyclic amines) is 1. The largest absolute Gasteiger partial charge is 0.341 e. The number of rotatable bonds is 3. The Morgan fingerprint density at radius 2 is 1.71 bits per heavy atom. The average Bonchev–Trinajstić information content (AvgIpc) is 3.27. The summed E-state index contributed by atoms with van der Waals surface area (Å²) in [4.78, 5) is 53.9. The molecule has 0 saturated carbocycles. The van der Waals surface area contributed by atoms with Crippen molar-refractivity contribution in [1.82, 2.24) is 14.8 Å². The average molecular weight is 500 g/mol. The summed E-state index contributed by atoms with van der Waals surface area (Å²) in [5.74, 6) is -1.66. The summed E-state index contributed by atoms with van der Waals surface area (Å²) in [5.41, 5.74) is 2.06. The third kappa shape index (κ3) is 4.02. The first-order valence-corrected chi connectivity index (χ1v) is 13.5. The summed E-state index contributed by atoms with van der Waals surface area (Å²) in [6.45, 7) is 7.83. The van der Waals surface area contributed by atoms with E-state index in [-0.39, 0.29) is 34.6 Å². The first-order chi connectivity index (χ1) is 16.1. The van der Waals surface area contributed by atoms with Gasteiger partial charge in [-0.25, -0.2) is 0 Å². The van der Waals surface area contributed by atoms with E-state index in [1.807, 2.05) is 17.0 Å². The molecule has 3 aliphatic rings. The van der Waals surface area contributed by atoms with Crippen molar-refractivity contribution < 1.29 is 14.4 Å². The van der Waals surface area contributed by atoms with E-state index in [2.05, 4.69) is 38.2 Å². The van der Waals surface area contributed by atoms with Crippen LogP contribution in [0.4, 0.5) is 0 Å². The van der Waals surface area contributed by atoms with E-state index in [1.165, 1.54) is 21.9 Å². The molecule has 1 aromatic heterocycles. The minimum absolute atomic E-state index is 0.0156. The number of carbonyl (C=O) groups is 3. The number of nitrogens with zero attached hydrogens (tertiary/aromatic N) is 2. The fraction of sp³-hybridized carbons (Fsp3) is 0.520. The molecule has 180 valence electrons. The molecular weight excluding hydrogens is 470 g/mol. The van der Waals surface area contributed by atoms with Gasteiger partial charge in [-0.05, 0) is 35.8 Å². The Balaban J connectivity index is 1.55. The number of thiazole rings is 1. The lowest BCUT2D eigenvalue weighted by molar-refractivity contribution is -0.133. The molecule has 2 aromatic rings. The van der Waals surface area contributed by atoms with Crippen molar-refractivity contribution in [1.29, 1.82) is 0 Å². The highest BCUT2D eigenvalue weighted by Crippen LogP contribution is 2.51. The number of benzene rings is 1. The number of imide groups is 1. The molecule has 5 rings (SSSR count). The zero-order chi connectivity index (χ0) is 24.2. The normalized spacial score (nSPS) is 24.6. The highest BCUT2D eigenvalue weighted by atomic mass is 32.2. The second kappa shape index (κ2) is 8.68. The SMILES string of the molecule is CC(C)(C)c1ccc([C@@H]2c3sc(=O)n(CC(=O)N4CCCCC4)c3S[C@@H]3C(=O)NC(=O)[C@H]23)cc1. The van der Waals surface area contributed by atoms with E-state index >= 15 is 0 Å². The van der Waals surface area contributed by atoms with Crippen molar-refractivity contribution in [3.8, 4) is 0 Å². The molecular formula is C25H29N3O4S2. The number of hydrogen-bond acceptors (Lipinski definition) is 6. The monoisotopic (exact) mass is 499 g/mol. The molecule has 0 bridgehead atoms. The standard InChI is InChI=1S/C25H29N3O4S2/c1-25(2,3)15-9-7-14(8-10-15)17-18-19(22(31)26-21(18)30)33-23-20(17)34-24(32)28(23)13-16(29)27-11-5-4-6-12-27/h7-10,17-19H,4-6,11-13H2,1-3H3,(H,26,30,31)/t17-,18+,19-/m0/s1. The fourth-order valence-electron chi connectivity index (χ4n) is 5.10. The van der Waals surface area contributed by atoms with Gasteiger partial charge in [0, 0.05) is 23.9 Å². The number of carbonyl (C=O) groups excluding carboxylic acids is 3. The Kier molecular flexibility index (Phi) is 5.96. The van der Waals surface area contributed by atoms with E-state index < -0.39 is 17.1 Å². The van der Waals surface area contributed by atoms with Crippen LogP contribution < -0.4 is 10.2 Å². The number of amides is 3. The van der Waals surface area contributed by atoms with Crippen molar-refractivity contribution in [3.63, 3.8) is 0 Å². The molecule has 2 saturated heterocycles. The summed E-state index contributed by atoms with van der Waals surface area (Å²) < 4.78 is 1.52. The van der Waals surface area contributed by atoms with Gasteiger partial charge in [0.15, 0.2) is 0 Å². The molecule has 34 heavy (non-hydrogen) atoms. The van der Waals surface area contributed by atoms with Crippen LogP contribution in [0.1, 0.15) is 62.0 Å². The predicted octanol–water partition coefficient (Wildman–Crippen LogP) is 3.10. The van der Waals surface area contributed by atoms with E-state index in [4.69, 9.17) is 0 Å². The Hall–Kier alpha value is -2.39. The third-order valence-corrected chi connectivity index (χ3v) is 9.64. The molecule has 9 heteroatoms. The lowest BCUT2D eigenvalue weighted by Crippen LogP contribution is -2.39. The van der Waals surface area contributed by atoms with Crippen LogP contribution in [-0.4, -0.2) is 45.5 Å². The van der Waals surface area contributed by atoms with Crippen molar-refractivity contribution in [3.05, 3.63) is 49.9 Å². The Labute approximate surface area is 206 Å². The van der Waals surface area contributed by atoms with Gasteiger partial charge in [-0.1, -0.05) is 68.1 Å². The van der Waals surface area contributed by atoms with E-state index in [1.54, 1.807) is 0 Å². The first kappa shape index (κ1) is 23.4. The number of thioether (sulfide) groups is 1. The van der Waals surface area contributed by atoms with Crippen LogP contribution in [0.2, 0.25) is 0 Å². The van der Waals surface area contributed by atoms with Gasteiger partial charge < -0.3 is 4.90 Å².